The van der Waals surface area contributed by atoms with Crippen LogP contribution in [0.1, 0.15) is 61.0 Å². The van der Waals surface area contributed by atoms with Crippen molar-refractivity contribution >= 4 is 46.9 Å². The molecule has 0 aliphatic carbocycles. The number of nitrogens with one attached hydrogen (secondary N) is 3. The van der Waals surface area contributed by atoms with E-state index in [2.05, 4.69) is 162 Å². The fourth-order valence-electron chi connectivity index (χ4n) is 7.64. The Morgan fingerprint density at radius 1 is 0.417 bits per heavy atom. The van der Waals surface area contributed by atoms with Gasteiger partial charge in [-0.2, -0.15) is 0 Å². The molecule has 0 fully saturated rings. The van der Waals surface area contributed by atoms with Gasteiger partial charge in [0.1, 0.15) is 0 Å². The molecular weight excluding hydrogens is 779 g/mol. The lowest BCUT2D eigenvalue weighted by Gasteiger charge is -2.35. The molecule has 7 aromatic carbocycles. The summed E-state index contributed by atoms with van der Waals surface area (Å²) >= 11 is 3.51. The van der Waals surface area contributed by atoms with Gasteiger partial charge in [0.05, 0.1) is 9.49 Å². The fourth-order valence-corrected chi connectivity index (χ4v) is 10.5. The van der Waals surface area contributed by atoms with E-state index in [1.54, 1.807) is 41.7 Å². The Bertz CT molecular complexity index is 2110. The number of carbonyl (C=O) groups excluding carboxylic acids is 3. The average molecular weight is 826 g/mol. The number of rotatable bonds is 17. The lowest BCUT2D eigenvalue weighted by atomic mass is 9.84. The number of hydrogen-bond donors (Lipinski definition) is 3. The molecule has 3 N–H and O–H groups in total. The van der Waals surface area contributed by atoms with Crippen LogP contribution in [0.3, 0.4) is 0 Å². The normalized spacial score (nSPS) is 11.3. The highest BCUT2D eigenvalue weighted by Crippen LogP contribution is 2.49. The molecule has 7 aromatic rings. The maximum absolute atomic E-state index is 13.8. The van der Waals surface area contributed by atoms with Crippen LogP contribution in [0.25, 0.3) is 0 Å². The summed E-state index contributed by atoms with van der Waals surface area (Å²) in [5, 5.41) is 8.93. The largest absolute Gasteiger partial charge is 0.351 e. The molecule has 0 heterocycles. The lowest BCUT2D eigenvalue weighted by molar-refractivity contribution is -0.114. The van der Waals surface area contributed by atoms with Crippen molar-refractivity contribution in [1.29, 1.82) is 0 Å². The molecule has 0 radical (unpaired) electrons. The van der Waals surface area contributed by atoms with E-state index in [0.29, 0.717) is 30.3 Å². The molecule has 0 unspecified atom stereocenters. The molecule has 0 bridgehead atoms. The minimum Gasteiger partial charge on any atom is -0.351 e. The number of amides is 3. The fraction of sp³-hybridized carbons (Fsp3) is 0.135. The summed E-state index contributed by atoms with van der Waals surface area (Å²) in [6, 6.07) is 67.4. The Labute approximate surface area is 361 Å². The molecule has 0 aliphatic heterocycles. The summed E-state index contributed by atoms with van der Waals surface area (Å²) < 4.78 is -1.04. The molecule has 0 aromatic heterocycles. The number of carbonyl (C=O) groups is 3. The third-order valence-electron chi connectivity index (χ3n) is 10.3. The van der Waals surface area contributed by atoms with E-state index >= 15 is 0 Å². The lowest BCUT2D eigenvalue weighted by Crippen LogP contribution is -2.31. The molecule has 6 nitrogen and oxygen atoms in total. The highest BCUT2D eigenvalue weighted by atomic mass is 32.2. The monoisotopic (exact) mass is 825 g/mol. The second kappa shape index (κ2) is 20.1. The van der Waals surface area contributed by atoms with Gasteiger partial charge in [0.2, 0.25) is 5.91 Å². The van der Waals surface area contributed by atoms with Crippen LogP contribution >= 0.6 is 23.5 Å². The first kappa shape index (κ1) is 41.8. The van der Waals surface area contributed by atoms with Crippen LogP contribution in [-0.2, 0) is 14.3 Å². The van der Waals surface area contributed by atoms with Gasteiger partial charge in [0, 0.05) is 48.3 Å². The van der Waals surface area contributed by atoms with Crippen LogP contribution in [0.15, 0.2) is 200 Å². The van der Waals surface area contributed by atoms with Crippen molar-refractivity contribution in [3.05, 3.63) is 245 Å². The first-order valence-corrected chi connectivity index (χ1v) is 22.0. The summed E-state index contributed by atoms with van der Waals surface area (Å²) in [4.78, 5) is 39.8. The number of anilines is 1. The second-order valence-electron chi connectivity index (χ2n) is 14.2. The Morgan fingerprint density at radius 3 is 0.933 bits per heavy atom. The number of hydrogen-bond acceptors (Lipinski definition) is 5. The molecule has 0 saturated carbocycles. The molecule has 0 atom stereocenters. The molecule has 300 valence electrons. The Kier molecular flexibility index (Phi) is 14.0. The molecule has 0 aliphatic rings. The zero-order valence-corrected chi connectivity index (χ0v) is 35.1. The summed E-state index contributed by atoms with van der Waals surface area (Å²) in [7, 11) is 0. The van der Waals surface area contributed by atoms with Crippen molar-refractivity contribution in [2.75, 3.05) is 29.9 Å². The SMILES string of the molecule is CC(=O)Nc1cc(C(=O)NCCSC(c2ccccc2)(c2ccccc2)c2ccccc2)cc(C(=O)NCCSC(c2ccccc2)(c2ccccc2)c2ccccc2)c1. The Hall–Kier alpha value is -6.35. The summed E-state index contributed by atoms with van der Waals surface area (Å²) in [5.41, 5.74) is 7.77. The van der Waals surface area contributed by atoms with Gasteiger partial charge in [-0.1, -0.05) is 182 Å². The van der Waals surface area contributed by atoms with Gasteiger partial charge >= 0.3 is 0 Å². The molecule has 8 heteroatoms. The predicted octanol–water partition coefficient (Wildman–Crippen LogP) is 10.6. The molecule has 3 amide bonds. The third kappa shape index (κ3) is 9.57. The highest BCUT2D eigenvalue weighted by molar-refractivity contribution is 8.00. The van der Waals surface area contributed by atoms with Crippen LogP contribution < -0.4 is 16.0 Å². The minimum absolute atomic E-state index is 0.280. The van der Waals surface area contributed by atoms with Crippen LogP contribution in [0, 0.1) is 0 Å². The van der Waals surface area contributed by atoms with Gasteiger partial charge < -0.3 is 16.0 Å². The molecule has 7 rings (SSSR count). The zero-order chi connectivity index (χ0) is 41.6. The third-order valence-corrected chi connectivity index (χ3v) is 13.4. The van der Waals surface area contributed by atoms with Crippen molar-refractivity contribution in [2.45, 2.75) is 16.4 Å². The van der Waals surface area contributed by atoms with E-state index < -0.39 is 9.49 Å². The highest BCUT2D eigenvalue weighted by Gasteiger charge is 2.38. The molecule has 60 heavy (non-hydrogen) atoms. The Balaban J connectivity index is 1.06. The van der Waals surface area contributed by atoms with E-state index in [1.165, 1.54) is 6.92 Å². The van der Waals surface area contributed by atoms with Gasteiger partial charge in [-0.25, -0.2) is 0 Å². The van der Waals surface area contributed by atoms with Gasteiger partial charge in [-0.3, -0.25) is 14.4 Å². The van der Waals surface area contributed by atoms with Crippen molar-refractivity contribution < 1.29 is 14.4 Å². The Morgan fingerprint density at radius 2 is 0.683 bits per heavy atom. The zero-order valence-electron chi connectivity index (χ0n) is 33.4. The molecule has 0 spiro atoms. The minimum atomic E-state index is -0.522. The van der Waals surface area contributed by atoms with E-state index in [9.17, 15) is 14.4 Å². The second-order valence-corrected chi connectivity index (χ2v) is 16.9. The average Bonchev–Trinajstić information content (AvgIpc) is 3.30. The van der Waals surface area contributed by atoms with Crippen LogP contribution in [0.4, 0.5) is 5.69 Å². The molecule has 0 saturated heterocycles. The van der Waals surface area contributed by atoms with Crippen molar-refractivity contribution in [3.63, 3.8) is 0 Å². The van der Waals surface area contributed by atoms with Crippen molar-refractivity contribution in [3.8, 4) is 0 Å². The van der Waals surface area contributed by atoms with Crippen LogP contribution in [0.2, 0.25) is 0 Å². The van der Waals surface area contributed by atoms with Crippen LogP contribution in [-0.4, -0.2) is 42.3 Å². The van der Waals surface area contributed by atoms with Gasteiger partial charge in [0.25, 0.3) is 11.8 Å². The van der Waals surface area contributed by atoms with Crippen molar-refractivity contribution in [2.24, 2.45) is 0 Å². The predicted molar refractivity (Wildman–Crippen MR) is 249 cm³/mol. The van der Waals surface area contributed by atoms with E-state index in [4.69, 9.17) is 0 Å². The smallest absolute Gasteiger partial charge is 0.251 e. The number of benzene rings is 7. The summed E-state index contributed by atoms with van der Waals surface area (Å²) in [6.07, 6.45) is 0. The van der Waals surface area contributed by atoms with Crippen molar-refractivity contribution in [1.82, 2.24) is 10.6 Å². The first-order chi connectivity index (χ1) is 29.4. The quantitative estimate of drug-likeness (QED) is 0.0629. The molecular formula is C52H47N3O3S2. The van der Waals surface area contributed by atoms with Gasteiger partial charge in [-0.05, 0) is 51.6 Å². The first-order valence-electron chi connectivity index (χ1n) is 20.0. The topological polar surface area (TPSA) is 87.3 Å². The van der Waals surface area contributed by atoms with Gasteiger partial charge in [-0.15, -0.1) is 23.5 Å². The van der Waals surface area contributed by atoms with E-state index in [1.807, 2.05) is 36.4 Å². The van der Waals surface area contributed by atoms with E-state index in [0.717, 1.165) is 33.4 Å². The maximum atomic E-state index is 13.8. The number of thioether (sulfide) groups is 2. The van der Waals surface area contributed by atoms with Gasteiger partial charge in [0.15, 0.2) is 0 Å². The maximum Gasteiger partial charge on any atom is 0.251 e. The van der Waals surface area contributed by atoms with Crippen LogP contribution in [0.5, 0.6) is 0 Å². The standard InChI is InChI=1S/C52H47N3O3S2/c1-39(56)55-48-37-40(49(57)53-32-34-59-51(42-20-8-2-9-21-42,43-22-10-3-11-23-43)44-24-12-4-13-25-44)36-41(38-48)50(58)54-33-35-60-52(45-26-14-5-15-27-45,46-28-16-6-17-29-46)47-30-18-7-19-31-47/h2-31,36-38H,32-35H2,1H3,(H,53,57)(H,54,58)(H,55,56). The van der Waals surface area contributed by atoms with E-state index in [-0.39, 0.29) is 28.8 Å². The summed E-state index contributed by atoms with van der Waals surface area (Å²) in [5.74, 6) is 0.213. The summed E-state index contributed by atoms with van der Waals surface area (Å²) in [6.45, 7) is 2.14.